The highest BCUT2D eigenvalue weighted by Gasteiger charge is 2.12. The first-order valence-electron chi connectivity index (χ1n) is 8.03. The van der Waals surface area contributed by atoms with E-state index in [2.05, 4.69) is 15.6 Å². The smallest absolute Gasteiger partial charge is 0.253 e. The Hall–Kier alpha value is -3.21. The van der Waals surface area contributed by atoms with Gasteiger partial charge in [-0.1, -0.05) is 18.2 Å². The average Bonchev–Trinajstić information content (AvgIpc) is 2.65. The maximum absolute atomic E-state index is 12.6. The molecular weight excluding hydrogens is 314 g/mol. The normalized spacial score (nSPS) is 10.5. The number of carbonyl (C=O) groups excluding carboxylic acids is 2. The van der Waals surface area contributed by atoms with Gasteiger partial charge in [-0.05, 0) is 48.4 Å². The van der Waals surface area contributed by atoms with Crippen molar-refractivity contribution < 1.29 is 9.59 Å². The molecular formula is C20H19N3O2. The molecule has 0 saturated carbocycles. The Bertz CT molecular complexity index is 951. The Morgan fingerprint density at radius 2 is 1.88 bits per heavy atom. The highest BCUT2D eigenvalue weighted by atomic mass is 16.2. The lowest BCUT2D eigenvalue weighted by atomic mass is 10.0. The minimum atomic E-state index is -0.183. The highest BCUT2D eigenvalue weighted by molar-refractivity contribution is 6.05. The quantitative estimate of drug-likeness (QED) is 0.771. The highest BCUT2D eigenvalue weighted by Crippen LogP contribution is 2.19. The number of nitrogens with zero attached hydrogens (tertiary/aromatic N) is 1. The van der Waals surface area contributed by atoms with E-state index >= 15 is 0 Å². The van der Waals surface area contributed by atoms with Crippen LogP contribution < -0.4 is 10.6 Å². The zero-order chi connectivity index (χ0) is 17.8. The van der Waals surface area contributed by atoms with Crippen molar-refractivity contribution in [2.24, 2.45) is 0 Å². The van der Waals surface area contributed by atoms with Crippen molar-refractivity contribution in [3.05, 3.63) is 77.0 Å². The maximum atomic E-state index is 12.6. The number of carbonyl (C=O) groups is 2. The summed E-state index contributed by atoms with van der Waals surface area (Å²) in [5.41, 5.74) is 3.67. The van der Waals surface area contributed by atoms with Crippen LogP contribution in [0.4, 0.5) is 0 Å². The van der Waals surface area contributed by atoms with Crippen LogP contribution in [0.3, 0.4) is 0 Å². The summed E-state index contributed by atoms with van der Waals surface area (Å²) in [6.07, 6.45) is 1.68. The third-order valence-electron chi connectivity index (χ3n) is 3.96. The third kappa shape index (κ3) is 3.66. The number of benzene rings is 2. The fourth-order valence-electron chi connectivity index (χ4n) is 2.76. The molecule has 5 nitrogen and oxygen atoms in total. The number of hydrogen-bond donors (Lipinski definition) is 2. The number of aryl methyl sites for hydroxylation is 1. The summed E-state index contributed by atoms with van der Waals surface area (Å²) in [7, 11) is 1.59. The van der Waals surface area contributed by atoms with Gasteiger partial charge in [-0.3, -0.25) is 14.6 Å². The van der Waals surface area contributed by atoms with E-state index in [1.807, 2.05) is 37.3 Å². The molecule has 0 fully saturated rings. The molecule has 0 saturated heterocycles. The second-order valence-electron chi connectivity index (χ2n) is 5.85. The molecule has 0 aliphatic heterocycles. The summed E-state index contributed by atoms with van der Waals surface area (Å²) in [5, 5.41) is 6.44. The lowest BCUT2D eigenvalue weighted by Gasteiger charge is -2.10. The zero-order valence-corrected chi connectivity index (χ0v) is 14.2. The van der Waals surface area contributed by atoms with Crippen LogP contribution in [0.25, 0.3) is 10.9 Å². The minimum Gasteiger partial charge on any atom is -0.355 e. The summed E-state index contributed by atoms with van der Waals surface area (Å²) >= 11 is 0. The monoisotopic (exact) mass is 333 g/mol. The van der Waals surface area contributed by atoms with E-state index in [1.54, 1.807) is 31.4 Å². The van der Waals surface area contributed by atoms with E-state index in [-0.39, 0.29) is 11.8 Å². The predicted molar refractivity (Wildman–Crippen MR) is 97.5 cm³/mol. The Balaban J connectivity index is 1.81. The summed E-state index contributed by atoms with van der Waals surface area (Å²) in [6.45, 7) is 2.29. The van der Waals surface area contributed by atoms with Crippen LogP contribution in [0.1, 0.15) is 31.8 Å². The fraction of sp³-hybridized carbons (Fsp3) is 0.150. The Morgan fingerprint density at radius 3 is 2.68 bits per heavy atom. The first kappa shape index (κ1) is 16.6. The van der Waals surface area contributed by atoms with Crippen molar-refractivity contribution in [3.8, 4) is 0 Å². The Morgan fingerprint density at radius 1 is 1.04 bits per heavy atom. The summed E-state index contributed by atoms with van der Waals surface area (Å²) < 4.78 is 0. The van der Waals surface area contributed by atoms with E-state index in [9.17, 15) is 9.59 Å². The van der Waals surface area contributed by atoms with Crippen molar-refractivity contribution in [3.63, 3.8) is 0 Å². The SMILES string of the molecule is CNC(=O)c1cccc(CNC(=O)c2cc(C)cc3cccnc23)c1. The van der Waals surface area contributed by atoms with Gasteiger partial charge < -0.3 is 10.6 Å². The molecule has 5 heteroatoms. The lowest BCUT2D eigenvalue weighted by Crippen LogP contribution is -2.24. The molecule has 0 atom stereocenters. The molecule has 0 radical (unpaired) electrons. The van der Waals surface area contributed by atoms with Crippen LogP contribution in [-0.2, 0) is 6.54 Å². The van der Waals surface area contributed by atoms with Crippen molar-refractivity contribution in [2.45, 2.75) is 13.5 Å². The standard InChI is InChI=1S/C20H19N3O2/c1-13-9-15-7-4-8-22-18(15)17(10-13)20(25)23-12-14-5-3-6-16(11-14)19(24)21-2/h3-11H,12H2,1-2H3,(H,21,24)(H,23,25). The average molecular weight is 333 g/mol. The molecule has 3 rings (SSSR count). The van der Waals surface area contributed by atoms with Crippen LogP contribution in [0.5, 0.6) is 0 Å². The van der Waals surface area contributed by atoms with Crippen molar-refractivity contribution >= 4 is 22.7 Å². The van der Waals surface area contributed by atoms with Gasteiger partial charge in [0.05, 0.1) is 11.1 Å². The van der Waals surface area contributed by atoms with E-state index in [4.69, 9.17) is 0 Å². The van der Waals surface area contributed by atoms with Crippen molar-refractivity contribution in [2.75, 3.05) is 7.05 Å². The number of rotatable bonds is 4. The van der Waals surface area contributed by atoms with Crippen molar-refractivity contribution in [1.82, 2.24) is 15.6 Å². The van der Waals surface area contributed by atoms with Gasteiger partial charge in [-0.2, -0.15) is 0 Å². The molecule has 1 aromatic heterocycles. The molecule has 0 aliphatic carbocycles. The van der Waals surface area contributed by atoms with Gasteiger partial charge in [0.2, 0.25) is 0 Å². The summed E-state index contributed by atoms with van der Waals surface area (Å²) in [4.78, 5) is 28.7. The van der Waals surface area contributed by atoms with Gasteiger partial charge in [0, 0.05) is 30.7 Å². The molecule has 2 N–H and O–H groups in total. The van der Waals surface area contributed by atoms with Crippen LogP contribution in [0.15, 0.2) is 54.7 Å². The minimum absolute atomic E-state index is 0.151. The Kier molecular flexibility index (Phi) is 4.75. The molecule has 0 unspecified atom stereocenters. The van der Waals surface area contributed by atoms with Gasteiger partial charge in [0.25, 0.3) is 11.8 Å². The third-order valence-corrected chi connectivity index (χ3v) is 3.96. The first-order valence-corrected chi connectivity index (χ1v) is 8.03. The van der Waals surface area contributed by atoms with E-state index < -0.39 is 0 Å². The van der Waals surface area contributed by atoms with Gasteiger partial charge in [-0.25, -0.2) is 0 Å². The largest absolute Gasteiger partial charge is 0.355 e. The van der Waals surface area contributed by atoms with Gasteiger partial charge in [0.15, 0.2) is 0 Å². The maximum Gasteiger partial charge on any atom is 0.253 e. The Labute approximate surface area is 146 Å². The molecule has 0 aliphatic rings. The van der Waals surface area contributed by atoms with Crippen LogP contribution in [-0.4, -0.2) is 23.8 Å². The van der Waals surface area contributed by atoms with Crippen LogP contribution in [0, 0.1) is 6.92 Å². The second kappa shape index (κ2) is 7.13. The number of hydrogen-bond acceptors (Lipinski definition) is 3. The topological polar surface area (TPSA) is 71.1 Å². The predicted octanol–water partition coefficient (Wildman–Crippen LogP) is 2.83. The number of fused-ring (bicyclic) bond motifs is 1. The summed E-state index contributed by atoms with van der Waals surface area (Å²) in [5.74, 6) is -0.334. The zero-order valence-electron chi connectivity index (χ0n) is 14.2. The molecule has 126 valence electrons. The van der Waals surface area contributed by atoms with E-state index in [0.29, 0.717) is 23.2 Å². The number of pyridine rings is 1. The van der Waals surface area contributed by atoms with Crippen LogP contribution in [0.2, 0.25) is 0 Å². The van der Waals surface area contributed by atoms with Crippen LogP contribution >= 0.6 is 0 Å². The van der Waals surface area contributed by atoms with Gasteiger partial charge in [0.1, 0.15) is 0 Å². The molecule has 25 heavy (non-hydrogen) atoms. The molecule has 3 aromatic rings. The van der Waals surface area contributed by atoms with Gasteiger partial charge >= 0.3 is 0 Å². The lowest BCUT2D eigenvalue weighted by molar-refractivity contribution is 0.0949. The number of nitrogens with one attached hydrogen (secondary N) is 2. The van der Waals surface area contributed by atoms with Gasteiger partial charge in [-0.15, -0.1) is 0 Å². The molecule has 0 bridgehead atoms. The molecule has 0 spiro atoms. The number of aromatic nitrogens is 1. The second-order valence-corrected chi connectivity index (χ2v) is 5.85. The van der Waals surface area contributed by atoms with Crippen molar-refractivity contribution in [1.29, 1.82) is 0 Å². The molecule has 2 aromatic carbocycles. The summed E-state index contributed by atoms with van der Waals surface area (Å²) in [6, 6.07) is 14.8. The molecule has 2 amide bonds. The fourth-order valence-corrected chi connectivity index (χ4v) is 2.76. The first-order chi connectivity index (χ1) is 12.1. The van der Waals surface area contributed by atoms with E-state index in [1.165, 1.54) is 0 Å². The molecule has 1 heterocycles. The number of amides is 2. The van der Waals surface area contributed by atoms with E-state index in [0.717, 1.165) is 16.5 Å².